The first kappa shape index (κ1) is 14.9. The lowest BCUT2D eigenvalue weighted by atomic mass is 10.0. The smallest absolute Gasteiger partial charge is 0.330 e. The van der Waals surface area contributed by atoms with Crippen molar-refractivity contribution >= 4 is 11.9 Å². The number of rotatable bonds is 2. The Kier molecular flexibility index (Phi) is 3.59. The molecule has 2 aromatic rings. The molecule has 0 unspecified atom stereocenters. The Bertz CT molecular complexity index is 776. The standard InChI is InChI=1S/C18H20N4O2/c1-13-19-11-16-12-21(18(24)22(13)16)15-7-9-20(10-8-15)17(23)14-5-3-2-4-6-14/h2-6,11,15H,7-10,12H2,1H3. The number of fused-ring (bicyclic) bond motifs is 1. The van der Waals surface area contributed by atoms with Gasteiger partial charge < -0.3 is 9.80 Å². The van der Waals surface area contributed by atoms with E-state index in [1.165, 1.54) is 0 Å². The van der Waals surface area contributed by atoms with Crippen molar-refractivity contribution in [1.82, 2.24) is 19.4 Å². The molecule has 2 aliphatic heterocycles. The fourth-order valence-corrected chi connectivity index (χ4v) is 3.66. The number of aryl methyl sites for hydroxylation is 1. The van der Waals surface area contributed by atoms with Crippen LogP contribution < -0.4 is 0 Å². The van der Waals surface area contributed by atoms with Gasteiger partial charge in [-0.05, 0) is 31.9 Å². The lowest BCUT2D eigenvalue weighted by Crippen LogP contribution is -2.47. The molecule has 6 heteroatoms. The molecule has 24 heavy (non-hydrogen) atoms. The zero-order valence-corrected chi connectivity index (χ0v) is 13.7. The van der Waals surface area contributed by atoms with Gasteiger partial charge in [-0.2, -0.15) is 0 Å². The molecule has 1 saturated heterocycles. The Labute approximate surface area is 140 Å². The largest absolute Gasteiger partial charge is 0.338 e. The van der Waals surface area contributed by atoms with Gasteiger partial charge in [-0.15, -0.1) is 0 Å². The quantitative estimate of drug-likeness (QED) is 0.851. The maximum Gasteiger partial charge on any atom is 0.330 e. The number of likely N-dealkylation sites (tertiary alicyclic amines) is 1. The van der Waals surface area contributed by atoms with Gasteiger partial charge in [0.1, 0.15) is 5.82 Å². The van der Waals surface area contributed by atoms with E-state index in [2.05, 4.69) is 4.98 Å². The molecular weight excluding hydrogens is 304 g/mol. The van der Waals surface area contributed by atoms with E-state index in [4.69, 9.17) is 0 Å². The van der Waals surface area contributed by atoms with E-state index in [9.17, 15) is 9.59 Å². The summed E-state index contributed by atoms with van der Waals surface area (Å²) in [5.74, 6) is 0.822. The Hall–Kier alpha value is -2.63. The summed E-state index contributed by atoms with van der Waals surface area (Å²) in [5.41, 5.74) is 1.69. The van der Waals surface area contributed by atoms with Gasteiger partial charge in [-0.3, -0.25) is 9.36 Å². The molecule has 2 aliphatic rings. The van der Waals surface area contributed by atoms with Crippen molar-refractivity contribution in [1.29, 1.82) is 0 Å². The van der Waals surface area contributed by atoms with Crippen LogP contribution in [0.1, 0.15) is 34.7 Å². The van der Waals surface area contributed by atoms with Gasteiger partial charge >= 0.3 is 6.03 Å². The molecule has 2 amide bonds. The maximum atomic E-state index is 12.6. The molecule has 1 fully saturated rings. The van der Waals surface area contributed by atoms with Crippen molar-refractivity contribution in [2.45, 2.75) is 32.4 Å². The predicted octanol–water partition coefficient (Wildman–Crippen LogP) is 2.28. The van der Waals surface area contributed by atoms with Crippen LogP contribution in [-0.4, -0.2) is 50.4 Å². The molecule has 0 spiro atoms. The van der Waals surface area contributed by atoms with E-state index in [1.54, 1.807) is 10.8 Å². The van der Waals surface area contributed by atoms with E-state index in [1.807, 2.05) is 47.1 Å². The highest BCUT2D eigenvalue weighted by Crippen LogP contribution is 2.26. The van der Waals surface area contributed by atoms with Crippen molar-refractivity contribution in [3.05, 3.63) is 53.6 Å². The highest BCUT2D eigenvalue weighted by Gasteiger charge is 2.36. The Morgan fingerprint density at radius 2 is 1.88 bits per heavy atom. The molecule has 0 N–H and O–H groups in total. The van der Waals surface area contributed by atoms with Crippen molar-refractivity contribution in [2.24, 2.45) is 0 Å². The number of hydrogen-bond acceptors (Lipinski definition) is 3. The van der Waals surface area contributed by atoms with E-state index >= 15 is 0 Å². The number of benzene rings is 1. The number of carbonyl (C=O) groups is 2. The lowest BCUT2D eigenvalue weighted by Gasteiger charge is -2.36. The third kappa shape index (κ3) is 2.38. The van der Waals surface area contributed by atoms with Crippen molar-refractivity contribution < 1.29 is 9.59 Å². The van der Waals surface area contributed by atoms with Crippen molar-refractivity contribution in [3.63, 3.8) is 0 Å². The van der Waals surface area contributed by atoms with Gasteiger partial charge in [0.15, 0.2) is 0 Å². The van der Waals surface area contributed by atoms with Crippen LogP contribution in [-0.2, 0) is 6.54 Å². The zero-order valence-electron chi connectivity index (χ0n) is 13.7. The lowest BCUT2D eigenvalue weighted by molar-refractivity contribution is 0.0656. The third-order valence-electron chi connectivity index (χ3n) is 4.99. The Balaban J connectivity index is 1.41. The molecule has 0 aliphatic carbocycles. The molecule has 1 aromatic heterocycles. The predicted molar refractivity (Wildman–Crippen MR) is 88.7 cm³/mol. The Morgan fingerprint density at radius 1 is 1.17 bits per heavy atom. The van der Waals surface area contributed by atoms with E-state index in [0.29, 0.717) is 19.6 Å². The molecule has 124 valence electrons. The summed E-state index contributed by atoms with van der Waals surface area (Å²) in [7, 11) is 0. The highest BCUT2D eigenvalue weighted by molar-refractivity contribution is 5.94. The SMILES string of the molecule is Cc1ncc2n1C(=O)N(C1CCN(C(=O)c3ccccc3)CC1)C2. The second-order valence-electron chi connectivity index (χ2n) is 6.43. The first-order chi connectivity index (χ1) is 11.6. The van der Waals surface area contributed by atoms with E-state index < -0.39 is 0 Å². The van der Waals surface area contributed by atoms with Gasteiger partial charge in [0.2, 0.25) is 0 Å². The second kappa shape index (κ2) is 5.78. The summed E-state index contributed by atoms with van der Waals surface area (Å²) >= 11 is 0. The summed E-state index contributed by atoms with van der Waals surface area (Å²) in [6.07, 6.45) is 3.42. The molecule has 0 bridgehead atoms. The summed E-state index contributed by atoms with van der Waals surface area (Å²) in [4.78, 5) is 33.1. The summed E-state index contributed by atoms with van der Waals surface area (Å²) in [6, 6.07) is 9.59. The molecule has 6 nitrogen and oxygen atoms in total. The average molecular weight is 324 g/mol. The van der Waals surface area contributed by atoms with Crippen molar-refractivity contribution in [3.8, 4) is 0 Å². The van der Waals surface area contributed by atoms with Crippen LogP contribution in [0.5, 0.6) is 0 Å². The van der Waals surface area contributed by atoms with Crippen LogP contribution in [0.25, 0.3) is 0 Å². The molecular formula is C18H20N4O2. The van der Waals surface area contributed by atoms with Gasteiger partial charge in [0.05, 0.1) is 18.4 Å². The van der Waals surface area contributed by atoms with Crippen LogP contribution in [0.4, 0.5) is 4.79 Å². The van der Waals surface area contributed by atoms with Crippen LogP contribution in [0.15, 0.2) is 36.5 Å². The van der Waals surface area contributed by atoms with Crippen LogP contribution >= 0.6 is 0 Å². The summed E-state index contributed by atoms with van der Waals surface area (Å²) in [5, 5.41) is 0. The fourth-order valence-electron chi connectivity index (χ4n) is 3.66. The van der Waals surface area contributed by atoms with E-state index in [0.717, 1.165) is 29.9 Å². The molecule has 1 aromatic carbocycles. The van der Waals surface area contributed by atoms with Crippen LogP contribution in [0.2, 0.25) is 0 Å². The summed E-state index contributed by atoms with van der Waals surface area (Å²) in [6.45, 7) is 3.85. The summed E-state index contributed by atoms with van der Waals surface area (Å²) < 4.78 is 1.70. The van der Waals surface area contributed by atoms with Crippen molar-refractivity contribution in [2.75, 3.05) is 13.1 Å². The third-order valence-corrected chi connectivity index (χ3v) is 4.99. The molecule has 0 saturated carbocycles. The maximum absolute atomic E-state index is 12.6. The second-order valence-corrected chi connectivity index (χ2v) is 6.43. The first-order valence-electron chi connectivity index (χ1n) is 8.33. The Morgan fingerprint density at radius 3 is 2.54 bits per heavy atom. The fraction of sp³-hybridized carbons (Fsp3) is 0.389. The van der Waals surface area contributed by atoms with Gasteiger partial charge in [0, 0.05) is 24.7 Å². The van der Waals surface area contributed by atoms with Gasteiger partial charge in [-0.1, -0.05) is 18.2 Å². The molecule has 3 heterocycles. The first-order valence-corrected chi connectivity index (χ1v) is 8.33. The minimum Gasteiger partial charge on any atom is -0.338 e. The molecule has 0 atom stereocenters. The van der Waals surface area contributed by atoms with Crippen LogP contribution in [0, 0.1) is 6.92 Å². The number of imidazole rings is 1. The topological polar surface area (TPSA) is 58.4 Å². The molecule has 0 radical (unpaired) electrons. The molecule has 4 rings (SSSR count). The van der Waals surface area contributed by atoms with Crippen LogP contribution in [0.3, 0.4) is 0 Å². The number of nitrogens with zero attached hydrogens (tertiary/aromatic N) is 4. The monoisotopic (exact) mass is 324 g/mol. The van der Waals surface area contributed by atoms with Gasteiger partial charge in [0.25, 0.3) is 5.91 Å². The number of amides is 2. The van der Waals surface area contributed by atoms with E-state index in [-0.39, 0.29) is 18.0 Å². The number of piperidine rings is 1. The average Bonchev–Trinajstić information content (AvgIpc) is 3.16. The number of aromatic nitrogens is 2. The number of hydrogen-bond donors (Lipinski definition) is 0. The highest BCUT2D eigenvalue weighted by atomic mass is 16.2. The minimum absolute atomic E-state index is 0.0211. The zero-order chi connectivity index (χ0) is 16.7. The normalized spacial score (nSPS) is 18.1. The minimum atomic E-state index is 0.0211. The van der Waals surface area contributed by atoms with Gasteiger partial charge in [-0.25, -0.2) is 9.78 Å². The number of carbonyl (C=O) groups excluding carboxylic acids is 2.